The Balaban J connectivity index is 1.82. The van der Waals surface area contributed by atoms with Gasteiger partial charge in [0.05, 0.1) is 17.9 Å². The minimum Gasteiger partial charge on any atom is -0.426 e. The average Bonchev–Trinajstić information content (AvgIpc) is 2.83. The molecule has 1 aromatic heterocycles. The van der Waals surface area contributed by atoms with E-state index < -0.39 is 11.7 Å². The number of nitrogens with zero attached hydrogens (tertiary/aromatic N) is 3. The number of hydrogen-bond donors (Lipinski definition) is 0. The first kappa shape index (κ1) is 26.2. The zero-order chi connectivity index (χ0) is 25.4. The summed E-state index contributed by atoms with van der Waals surface area (Å²) < 4.78 is 49.4. The van der Waals surface area contributed by atoms with Crippen LogP contribution in [-0.2, 0) is 22.3 Å². The van der Waals surface area contributed by atoms with Gasteiger partial charge in [-0.2, -0.15) is 13.2 Å². The van der Waals surface area contributed by atoms with Crippen molar-refractivity contribution in [2.45, 2.75) is 39.4 Å². The van der Waals surface area contributed by atoms with Gasteiger partial charge in [0.15, 0.2) is 0 Å². The monoisotopic (exact) mass is 487 g/mol. The molecule has 35 heavy (non-hydrogen) atoms. The molecule has 0 spiro atoms. The minimum atomic E-state index is -4.39. The van der Waals surface area contributed by atoms with Crippen LogP contribution in [0.1, 0.15) is 36.5 Å². The van der Waals surface area contributed by atoms with Crippen LogP contribution in [0.15, 0.2) is 54.7 Å². The lowest BCUT2D eigenvalue weighted by molar-refractivity contribution is -0.137. The third kappa shape index (κ3) is 7.26. The number of anilines is 1. The number of alkyl halides is 3. The van der Waals surface area contributed by atoms with Gasteiger partial charge >= 0.3 is 12.1 Å². The minimum absolute atomic E-state index is 0.265. The Kier molecular flexibility index (Phi) is 8.81. The van der Waals surface area contributed by atoms with E-state index in [2.05, 4.69) is 9.97 Å². The van der Waals surface area contributed by atoms with Crippen molar-refractivity contribution < 1.29 is 27.4 Å². The molecule has 2 aromatic carbocycles. The molecule has 0 aliphatic carbocycles. The number of esters is 1. The maximum Gasteiger partial charge on any atom is 0.416 e. The summed E-state index contributed by atoms with van der Waals surface area (Å²) in [6.07, 6.45) is -1.74. The van der Waals surface area contributed by atoms with Gasteiger partial charge in [0.2, 0.25) is 5.95 Å². The van der Waals surface area contributed by atoms with Gasteiger partial charge in [-0.3, -0.25) is 4.79 Å². The largest absolute Gasteiger partial charge is 0.426 e. The fraction of sp³-hybridized carbons (Fsp3) is 0.346. The van der Waals surface area contributed by atoms with Crippen LogP contribution in [0, 0.1) is 6.92 Å². The van der Waals surface area contributed by atoms with E-state index in [9.17, 15) is 18.0 Å². The van der Waals surface area contributed by atoms with Crippen molar-refractivity contribution in [3.63, 3.8) is 0 Å². The second-order valence-corrected chi connectivity index (χ2v) is 8.06. The van der Waals surface area contributed by atoms with Crippen molar-refractivity contribution in [3.8, 4) is 17.0 Å². The molecule has 0 saturated heterocycles. The Hall–Kier alpha value is -3.46. The normalized spacial score (nSPS) is 11.4. The molecule has 3 rings (SSSR count). The molecule has 0 radical (unpaired) electrons. The van der Waals surface area contributed by atoms with Crippen LogP contribution in [-0.4, -0.2) is 36.2 Å². The van der Waals surface area contributed by atoms with Crippen molar-refractivity contribution >= 4 is 11.9 Å². The number of benzene rings is 2. The molecule has 0 N–H and O–H groups in total. The van der Waals surface area contributed by atoms with Crippen LogP contribution in [0.5, 0.6) is 5.75 Å². The van der Waals surface area contributed by atoms with Crippen molar-refractivity contribution in [1.29, 1.82) is 0 Å². The lowest BCUT2D eigenvalue weighted by atomic mass is 10.1. The van der Waals surface area contributed by atoms with Gasteiger partial charge in [0, 0.05) is 38.4 Å². The van der Waals surface area contributed by atoms with E-state index in [0.29, 0.717) is 49.1 Å². The molecular weight excluding hydrogens is 459 g/mol. The Morgan fingerprint density at radius 2 is 1.83 bits per heavy atom. The number of carbonyl (C=O) groups is 1. The van der Waals surface area contributed by atoms with E-state index in [-0.39, 0.29) is 5.97 Å². The maximum absolute atomic E-state index is 12.9. The predicted octanol–water partition coefficient (Wildman–Crippen LogP) is 5.83. The van der Waals surface area contributed by atoms with Gasteiger partial charge < -0.3 is 14.4 Å². The molecule has 3 aromatic rings. The zero-order valence-electron chi connectivity index (χ0n) is 19.9. The van der Waals surface area contributed by atoms with E-state index in [1.807, 2.05) is 30.9 Å². The molecule has 6 nitrogen and oxygen atoms in total. The van der Waals surface area contributed by atoms with Gasteiger partial charge in [-0.05, 0) is 48.7 Å². The van der Waals surface area contributed by atoms with E-state index in [1.165, 1.54) is 12.1 Å². The second kappa shape index (κ2) is 11.8. The number of aryl methyl sites for hydroxylation is 1. The van der Waals surface area contributed by atoms with Crippen molar-refractivity contribution in [1.82, 2.24) is 9.97 Å². The third-order valence-electron chi connectivity index (χ3n) is 5.29. The van der Waals surface area contributed by atoms with E-state index in [4.69, 9.17) is 9.47 Å². The standard InChI is InChI=1S/C26H28F3N3O3/c1-4-5-24(33)35-23-11-6-19(16-18(23)2)17-32(14-15-34-3)25-30-13-12-22(31-25)20-7-9-21(10-8-20)26(27,28)29/h6-13,16H,4-5,14-15,17H2,1-3H3. The van der Waals surface area contributed by atoms with E-state index >= 15 is 0 Å². The quantitative estimate of drug-likeness (QED) is 0.265. The highest BCUT2D eigenvalue weighted by molar-refractivity contribution is 5.72. The summed E-state index contributed by atoms with van der Waals surface area (Å²) in [5, 5.41) is 0. The smallest absolute Gasteiger partial charge is 0.416 e. The molecule has 0 amide bonds. The molecule has 0 saturated carbocycles. The van der Waals surface area contributed by atoms with Crippen LogP contribution in [0.4, 0.5) is 19.1 Å². The summed E-state index contributed by atoms with van der Waals surface area (Å²) >= 11 is 0. The average molecular weight is 488 g/mol. The highest BCUT2D eigenvalue weighted by Gasteiger charge is 2.30. The highest BCUT2D eigenvalue weighted by Crippen LogP contribution is 2.31. The first-order valence-corrected chi connectivity index (χ1v) is 11.3. The number of halogens is 3. The first-order valence-electron chi connectivity index (χ1n) is 11.3. The molecule has 9 heteroatoms. The van der Waals surface area contributed by atoms with Crippen molar-refractivity contribution in [2.24, 2.45) is 0 Å². The molecule has 0 atom stereocenters. The molecule has 1 heterocycles. The van der Waals surface area contributed by atoms with Crippen LogP contribution in [0.25, 0.3) is 11.3 Å². The topological polar surface area (TPSA) is 64.5 Å². The first-order chi connectivity index (χ1) is 16.7. The number of aromatic nitrogens is 2. The molecule has 0 fully saturated rings. The summed E-state index contributed by atoms with van der Waals surface area (Å²) in [5.41, 5.74) is 2.15. The molecular formula is C26H28F3N3O3. The summed E-state index contributed by atoms with van der Waals surface area (Å²) in [6.45, 7) is 5.18. The molecule has 186 valence electrons. The molecule has 0 bridgehead atoms. The van der Waals surface area contributed by atoms with E-state index in [1.54, 1.807) is 25.4 Å². The number of rotatable bonds is 10. The number of carbonyl (C=O) groups excluding carboxylic acids is 1. The summed E-state index contributed by atoms with van der Waals surface area (Å²) in [7, 11) is 1.60. The van der Waals surface area contributed by atoms with Gasteiger partial charge in [0.1, 0.15) is 5.75 Å². The van der Waals surface area contributed by atoms with Gasteiger partial charge in [-0.25, -0.2) is 9.97 Å². The predicted molar refractivity (Wildman–Crippen MR) is 127 cm³/mol. The van der Waals surface area contributed by atoms with Crippen molar-refractivity contribution in [3.05, 3.63) is 71.4 Å². The van der Waals surface area contributed by atoms with E-state index in [0.717, 1.165) is 29.7 Å². The highest BCUT2D eigenvalue weighted by atomic mass is 19.4. The lowest BCUT2D eigenvalue weighted by Gasteiger charge is -2.23. The number of hydrogen-bond acceptors (Lipinski definition) is 6. The fourth-order valence-electron chi connectivity index (χ4n) is 3.47. The maximum atomic E-state index is 12.9. The molecule has 0 aliphatic heterocycles. The summed E-state index contributed by atoms with van der Waals surface area (Å²) in [5.74, 6) is 0.685. The van der Waals surface area contributed by atoms with Crippen LogP contribution < -0.4 is 9.64 Å². The van der Waals surface area contributed by atoms with Crippen LogP contribution >= 0.6 is 0 Å². The summed E-state index contributed by atoms with van der Waals surface area (Å²) in [4.78, 5) is 22.7. The molecule has 0 unspecified atom stereocenters. The van der Waals surface area contributed by atoms with Gasteiger partial charge in [-0.15, -0.1) is 0 Å². The zero-order valence-corrected chi connectivity index (χ0v) is 19.9. The van der Waals surface area contributed by atoms with Crippen LogP contribution in [0.3, 0.4) is 0 Å². The van der Waals surface area contributed by atoms with Crippen molar-refractivity contribution in [2.75, 3.05) is 25.2 Å². The number of methoxy groups -OCH3 is 1. The Morgan fingerprint density at radius 1 is 1.09 bits per heavy atom. The summed E-state index contributed by atoms with van der Waals surface area (Å²) in [6, 6.07) is 12.1. The second-order valence-electron chi connectivity index (χ2n) is 8.06. The molecule has 0 aliphatic rings. The Bertz CT molecular complexity index is 1130. The Morgan fingerprint density at radius 3 is 2.46 bits per heavy atom. The lowest BCUT2D eigenvalue weighted by Crippen LogP contribution is -2.28. The SMILES string of the molecule is CCCC(=O)Oc1ccc(CN(CCOC)c2nccc(-c3ccc(C(F)(F)F)cc3)n2)cc1C. The third-order valence-corrected chi connectivity index (χ3v) is 5.29. The van der Waals surface area contributed by atoms with Gasteiger partial charge in [0.25, 0.3) is 0 Å². The Labute approximate surface area is 202 Å². The van der Waals surface area contributed by atoms with Gasteiger partial charge in [-0.1, -0.05) is 31.2 Å². The van der Waals surface area contributed by atoms with Crippen LogP contribution in [0.2, 0.25) is 0 Å². The number of ether oxygens (including phenoxy) is 2. The fourth-order valence-corrected chi connectivity index (χ4v) is 3.47.